The fourth-order valence-corrected chi connectivity index (χ4v) is 3.67. The number of nitrogens with zero attached hydrogens (tertiary/aromatic N) is 5. The smallest absolute Gasteiger partial charge is 0.228 e. The number of fused-ring (bicyclic) bond motifs is 4. The Balaban J connectivity index is 1.63. The Hall–Kier alpha value is -4.20. The topological polar surface area (TPSA) is 98.6 Å². The number of pyridine rings is 1. The molecule has 0 radical (unpaired) electrons. The van der Waals surface area contributed by atoms with Gasteiger partial charge in [0.15, 0.2) is 11.5 Å². The summed E-state index contributed by atoms with van der Waals surface area (Å²) in [5, 5.41) is 14.5. The van der Waals surface area contributed by atoms with Crippen LogP contribution < -0.4 is 4.74 Å². The van der Waals surface area contributed by atoms with Crippen LogP contribution in [-0.4, -0.2) is 29.7 Å². The van der Waals surface area contributed by atoms with Crippen molar-refractivity contribution in [2.75, 3.05) is 0 Å². The summed E-state index contributed by atoms with van der Waals surface area (Å²) in [6, 6.07) is 12.5. The summed E-state index contributed by atoms with van der Waals surface area (Å²) < 4.78 is 13.4. The molecule has 140 valence electrons. The van der Waals surface area contributed by atoms with Crippen molar-refractivity contribution in [2.24, 2.45) is 0 Å². The molecule has 5 aromatic rings. The highest BCUT2D eigenvalue weighted by molar-refractivity contribution is 5.67. The van der Waals surface area contributed by atoms with Crippen molar-refractivity contribution in [3.63, 3.8) is 0 Å². The standard InChI is InChI=1S/C21H13N5O3/c27-13-5-6-14-16(9-13)29-21-18(17(14)15-4-2-8-28-15)20-24-19(25-26(20)11-23-21)12-3-1-7-22-10-12/h1-11,17,27H/t17-/m1/s1. The molecule has 1 aliphatic heterocycles. The lowest BCUT2D eigenvalue weighted by Gasteiger charge is -2.26. The van der Waals surface area contributed by atoms with Crippen LogP contribution in [0.3, 0.4) is 0 Å². The molecule has 1 N–H and O–H groups in total. The largest absolute Gasteiger partial charge is 0.508 e. The number of hydrogen-bond acceptors (Lipinski definition) is 7. The van der Waals surface area contributed by atoms with E-state index in [0.29, 0.717) is 23.1 Å². The fraction of sp³-hybridized carbons (Fsp3) is 0.0476. The summed E-state index contributed by atoms with van der Waals surface area (Å²) >= 11 is 0. The highest BCUT2D eigenvalue weighted by Crippen LogP contribution is 2.48. The predicted octanol–water partition coefficient (Wildman–Crippen LogP) is 3.77. The number of aromatic hydroxyl groups is 1. The Morgan fingerprint density at radius 3 is 2.90 bits per heavy atom. The number of aromatic nitrogens is 5. The van der Waals surface area contributed by atoms with Crippen molar-refractivity contribution in [3.8, 4) is 28.8 Å². The zero-order chi connectivity index (χ0) is 19.4. The Kier molecular flexibility index (Phi) is 3.22. The average Bonchev–Trinajstić information content (AvgIpc) is 3.42. The minimum absolute atomic E-state index is 0.118. The van der Waals surface area contributed by atoms with Gasteiger partial charge in [-0.2, -0.15) is 0 Å². The normalized spacial score (nSPS) is 15.0. The van der Waals surface area contributed by atoms with Crippen molar-refractivity contribution in [3.05, 3.63) is 84.3 Å². The molecule has 0 unspecified atom stereocenters. The molecule has 0 aliphatic carbocycles. The summed E-state index contributed by atoms with van der Waals surface area (Å²) in [6.07, 6.45) is 6.61. The lowest BCUT2D eigenvalue weighted by Crippen LogP contribution is -2.14. The number of phenols is 1. The molecular formula is C21H13N5O3. The molecule has 5 heterocycles. The van der Waals surface area contributed by atoms with Crippen LogP contribution in [0.2, 0.25) is 0 Å². The van der Waals surface area contributed by atoms with E-state index < -0.39 is 0 Å². The van der Waals surface area contributed by atoms with Gasteiger partial charge in [0, 0.05) is 29.6 Å². The molecule has 1 atom stereocenters. The highest BCUT2D eigenvalue weighted by atomic mass is 16.5. The molecule has 0 fully saturated rings. The van der Waals surface area contributed by atoms with Gasteiger partial charge in [-0.1, -0.05) is 6.07 Å². The van der Waals surface area contributed by atoms with Crippen LogP contribution in [0.4, 0.5) is 0 Å². The molecule has 8 nitrogen and oxygen atoms in total. The Labute approximate surface area is 164 Å². The summed E-state index contributed by atoms with van der Waals surface area (Å²) in [7, 11) is 0. The molecule has 0 saturated carbocycles. The van der Waals surface area contributed by atoms with E-state index >= 15 is 0 Å². The van der Waals surface area contributed by atoms with Crippen molar-refractivity contribution in [1.82, 2.24) is 24.6 Å². The van der Waals surface area contributed by atoms with Gasteiger partial charge in [-0.05, 0) is 30.3 Å². The minimum atomic E-state index is -0.300. The zero-order valence-electron chi connectivity index (χ0n) is 14.9. The van der Waals surface area contributed by atoms with Gasteiger partial charge in [0.1, 0.15) is 23.6 Å². The molecule has 6 rings (SSSR count). The third kappa shape index (κ3) is 2.39. The number of furan rings is 1. The second-order valence-electron chi connectivity index (χ2n) is 6.68. The van der Waals surface area contributed by atoms with E-state index in [1.807, 2.05) is 30.3 Å². The van der Waals surface area contributed by atoms with Crippen molar-refractivity contribution < 1.29 is 14.3 Å². The van der Waals surface area contributed by atoms with E-state index in [1.54, 1.807) is 41.6 Å². The molecule has 4 aromatic heterocycles. The van der Waals surface area contributed by atoms with Gasteiger partial charge in [0.2, 0.25) is 5.88 Å². The molecule has 0 spiro atoms. The monoisotopic (exact) mass is 383 g/mol. The van der Waals surface area contributed by atoms with E-state index in [2.05, 4.69) is 15.1 Å². The van der Waals surface area contributed by atoms with Crippen molar-refractivity contribution in [1.29, 1.82) is 0 Å². The first kappa shape index (κ1) is 15.8. The summed E-state index contributed by atoms with van der Waals surface area (Å²) in [5.74, 6) is 2.02. The fourth-order valence-electron chi connectivity index (χ4n) is 3.67. The maximum atomic E-state index is 9.90. The van der Waals surface area contributed by atoms with Crippen LogP contribution in [0.1, 0.15) is 22.8 Å². The summed E-state index contributed by atoms with van der Waals surface area (Å²) in [5.41, 5.74) is 3.03. The minimum Gasteiger partial charge on any atom is -0.508 e. The zero-order valence-corrected chi connectivity index (χ0v) is 14.9. The molecule has 1 aliphatic rings. The number of ether oxygens (including phenoxy) is 1. The van der Waals surface area contributed by atoms with E-state index in [9.17, 15) is 5.11 Å². The van der Waals surface area contributed by atoms with Crippen LogP contribution >= 0.6 is 0 Å². The van der Waals surface area contributed by atoms with Crippen LogP contribution in [0.15, 0.2) is 71.9 Å². The first-order chi connectivity index (χ1) is 14.3. The number of benzene rings is 1. The van der Waals surface area contributed by atoms with Crippen LogP contribution in [0.25, 0.3) is 17.0 Å². The first-order valence-corrected chi connectivity index (χ1v) is 8.98. The van der Waals surface area contributed by atoms with Crippen LogP contribution in [-0.2, 0) is 0 Å². The van der Waals surface area contributed by atoms with Gasteiger partial charge < -0.3 is 14.3 Å². The third-order valence-electron chi connectivity index (χ3n) is 4.94. The Morgan fingerprint density at radius 2 is 2.07 bits per heavy atom. The van der Waals surface area contributed by atoms with Crippen LogP contribution in [0.5, 0.6) is 17.4 Å². The maximum Gasteiger partial charge on any atom is 0.228 e. The first-order valence-electron chi connectivity index (χ1n) is 8.98. The second-order valence-corrected chi connectivity index (χ2v) is 6.68. The molecule has 8 heteroatoms. The van der Waals surface area contributed by atoms with E-state index in [-0.39, 0.29) is 11.7 Å². The molecular weight excluding hydrogens is 370 g/mol. The number of phenolic OH excluding ortho intramolecular Hbond substituents is 1. The average molecular weight is 383 g/mol. The SMILES string of the molecule is Oc1ccc2c(c1)Oc1ncn3nc(-c4cccnc4)nc3c1[C@H]2c1ccco1. The lowest BCUT2D eigenvalue weighted by atomic mass is 9.87. The van der Waals surface area contributed by atoms with Gasteiger partial charge in [0.25, 0.3) is 0 Å². The third-order valence-corrected chi connectivity index (χ3v) is 4.94. The molecule has 29 heavy (non-hydrogen) atoms. The molecule has 1 aromatic carbocycles. The van der Waals surface area contributed by atoms with Gasteiger partial charge in [0.05, 0.1) is 17.7 Å². The van der Waals surface area contributed by atoms with Gasteiger partial charge in [-0.15, -0.1) is 5.10 Å². The summed E-state index contributed by atoms with van der Waals surface area (Å²) in [4.78, 5) is 13.3. The van der Waals surface area contributed by atoms with E-state index in [0.717, 1.165) is 22.5 Å². The Bertz CT molecular complexity index is 1350. The Morgan fingerprint density at radius 1 is 1.10 bits per heavy atom. The van der Waals surface area contributed by atoms with Gasteiger partial charge in [-0.3, -0.25) is 4.98 Å². The van der Waals surface area contributed by atoms with E-state index in [4.69, 9.17) is 14.1 Å². The quantitative estimate of drug-likeness (QED) is 0.486. The van der Waals surface area contributed by atoms with E-state index in [1.165, 1.54) is 0 Å². The molecule has 0 amide bonds. The highest BCUT2D eigenvalue weighted by Gasteiger charge is 2.35. The molecule has 0 bridgehead atoms. The number of rotatable bonds is 2. The van der Waals surface area contributed by atoms with Gasteiger partial charge >= 0.3 is 0 Å². The predicted molar refractivity (Wildman–Crippen MR) is 102 cm³/mol. The van der Waals surface area contributed by atoms with Gasteiger partial charge in [-0.25, -0.2) is 14.5 Å². The van der Waals surface area contributed by atoms with Crippen LogP contribution in [0, 0.1) is 0 Å². The lowest BCUT2D eigenvalue weighted by molar-refractivity contribution is 0.409. The molecule has 0 saturated heterocycles. The van der Waals surface area contributed by atoms with Crippen molar-refractivity contribution >= 4 is 5.65 Å². The second kappa shape index (κ2) is 5.90. The number of hydrogen-bond donors (Lipinski definition) is 1. The maximum absolute atomic E-state index is 9.90. The van der Waals surface area contributed by atoms with Crippen molar-refractivity contribution in [2.45, 2.75) is 5.92 Å². The summed E-state index contributed by atoms with van der Waals surface area (Å²) in [6.45, 7) is 0.